The highest BCUT2D eigenvalue weighted by Crippen LogP contribution is 2.28. The molecule has 0 saturated heterocycles. The van der Waals surface area contributed by atoms with Crippen molar-refractivity contribution in [3.63, 3.8) is 0 Å². The van der Waals surface area contributed by atoms with E-state index in [1.54, 1.807) is 18.2 Å². The zero-order chi connectivity index (χ0) is 15.6. The van der Waals surface area contributed by atoms with E-state index in [9.17, 15) is 9.18 Å². The molecule has 0 fully saturated rings. The predicted molar refractivity (Wildman–Crippen MR) is 81.6 cm³/mol. The van der Waals surface area contributed by atoms with Gasteiger partial charge >= 0.3 is 5.97 Å². The second-order valence-corrected chi connectivity index (χ2v) is 5.27. The topological polar surface area (TPSA) is 49.3 Å². The summed E-state index contributed by atoms with van der Waals surface area (Å²) in [5.41, 5.74) is 2.65. The molecular weight excluding hydrogens is 293 g/mol. The van der Waals surface area contributed by atoms with E-state index in [4.69, 9.17) is 16.7 Å². The number of anilines is 1. The molecule has 0 amide bonds. The van der Waals surface area contributed by atoms with Crippen molar-refractivity contribution in [2.24, 2.45) is 0 Å². The van der Waals surface area contributed by atoms with E-state index in [0.717, 1.165) is 16.8 Å². The van der Waals surface area contributed by atoms with Crippen molar-refractivity contribution in [3.8, 4) is 0 Å². The molecule has 110 valence electrons. The summed E-state index contributed by atoms with van der Waals surface area (Å²) in [6.07, 6.45) is 0. The summed E-state index contributed by atoms with van der Waals surface area (Å²) >= 11 is 6.04. The maximum Gasteiger partial charge on any atom is 0.335 e. The highest BCUT2D eigenvalue weighted by molar-refractivity contribution is 6.31. The van der Waals surface area contributed by atoms with Gasteiger partial charge < -0.3 is 10.4 Å². The number of aryl methyl sites for hydroxylation is 1. The first-order valence-electron chi connectivity index (χ1n) is 6.44. The van der Waals surface area contributed by atoms with Crippen LogP contribution in [0.4, 0.5) is 10.1 Å². The molecule has 2 aromatic carbocycles. The van der Waals surface area contributed by atoms with Crippen LogP contribution in [0.3, 0.4) is 0 Å². The number of hydrogen-bond acceptors (Lipinski definition) is 2. The summed E-state index contributed by atoms with van der Waals surface area (Å²) in [5, 5.41) is 12.6. The number of nitrogens with one attached hydrogen (secondary N) is 1. The minimum Gasteiger partial charge on any atom is -0.478 e. The van der Waals surface area contributed by atoms with Gasteiger partial charge in [0, 0.05) is 10.7 Å². The molecule has 21 heavy (non-hydrogen) atoms. The van der Waals surface area contributed by atoms with Crippen molar-refractivity contribution in [1.29, 1.82) is 0 Å². The largest absolute Gasteiger partial charge is 0.478 e. The molecule has 0 heterocycles. The third kappa shape index (κ3) is 3.52. The molecule has 0 aliphatic carbocycles. The average molecular weight is 308 g/mol. The van der Waals surface area contributed by atoms with E-state index >= 15 is 0 Å². The standard InChI is InChI=1S/C16H15ClFNO2/c1-9-7-11(16(20)21)3-6-15(9)19-10(2)13-5-4-12(18)8-14(13)17/h3-8,10,19H,1-2H3,(H,20,21). The number of halogens is 2. The first-order valence-corrected chi connectivity index (χ1v) is 6.81. The van der Waals surface area contributed by atoms with Gasteiger partial charge in [0.25, 0.3) is 0 Å². The Morgan fingerprint density at radius 2 is 2.00 bits per heavy atom. The quantitative estimate of drug-likeness (QED) is 0.863. The molecule has 0 saturated carbocycles. The number of benzene rings is 2. The van der Waals surface area contributed by atoms with Gasteiger partial charge in [-0.25, -0.2) is 9.18 Å². The summed E-state index contributed by atoms with van der Waals surface area (Å²) in [5.74, 6) is -1.34. The molecule has 0 radical (unpaired) electrons. The maximum absolute atomic E-state index is 13.1. The molecule has 2 N–H and O–H groups in total. The highest BCUT2D eigenvalue weighted by Gasteiger charge is 2.12. The van der Waals surface area contributed by atoms with Gasteiger partial charge in [0.05, 0.1) is 11.6 Å². The van der Waals surface area contributed by atoms with Crippen LogP contribution in [-0.4, -0.2) is 11.1 Å². The Balaban J connectivity index is 2.23. The van der Waals surface area contributed by atoms with Crippen LogP contribution < -0.4 is 5.32 Å². The number of rotatable bonds is 4. The van der Waals surface area contributed by atoms with Gasteiger partial charge in [-0.05, 0) is 55.3 Å². The van der Waals surface area contributed by atoms with Crippen LogP contribution >= 0.6 is 11.6 Å². The summed E-state index contributed by atoms with van der Waals surface area (Å²) in [4.78, 5) is 10.9. The summed E-state index contributed by atoms with van der Waals surface area (Å²) in [7, 11) is 0. The average Bonchev–Trinajstić information content (AvgIpc) is 2.40. The number of hydrogen-bond donors (Lipinski definition) is 2. The fraction of sp³-hybridized carbons (Fsp3) is 0.188. The van der Waals surface area contributed by atoms with Gasteiger partial charge in [0.15, 0.2) is 0 Å². The lowest BCUT2D eigenvalue weighted by Gasteiger charge is -2.19. The number of aromatic carboxylic acids is 1. The van der Waals surface area contributed by atoms with Crippen LogP contribution in [0.2, 0.25) is 5.02 Å². The lowest BCUT2D eigenvalue weighted by Crippen LogP contribution is -2.09. The van der Waals surface area contributed by atoms with Crippen molar-refractivity contribution in [1.82, 2.24) is 0 Å². The molecule has 2 rings (SSSR count). The highest BCUT2D eigenvalue weighted by atomic mass is 35.5. The molecule has 0 spiro atoms. The van der Waals surface area contributed by atoms with E-state index in [1.807, 2.05) is 13.8 Å². The first-order chi connectivity index (χ1) is 9.88. The van der Waals surface area contributed by atoms with E-state index in [0.29, 0.717) is 5.02 Å². The van der Waals surface area contributed by atoms with Crippen molar-refractivity contribution >= 4 is 23.3 Å². The Hall–Kier alpha value is -2.07. The molecule has 0 aliphatic heterocycles. The molecule has 0 aromatic heterocycles. The fourth-order valence-electron chi connectivity index (χ4n) is 2.12. The number of carboxylic acid groups (broad SMARTS) is 1. The minimum absolute atomic E-state index is 0.132. The van der Waals surface area contributed by atoms with Crippen LogP contribution in [0.25, 0.3) is 0 Å². The van der Waals surface area contributed by atoms with Gasteiger partial charge in [-0.3, -0.25) is 0 Å². The monoisotopic (exact) mass is 307 g/mol. The summed E-state index contributed by atoms with van der Waals surface area (Å²) in [6.45, 7) is 3.73. The molecular formula is C16H15ClFNO2. The van der Waals surface area contributed by atoms with E-state index in [2.05, 4.69) is 5.32 Å². The summed E-state index contributed by atoms with van der Waals surface area (Å²) in [6, 6.07) is 8.99. The predicted octanol–water partition coefficient (Wildman–Crippen LogP) is 4.66. The second kappa shape index (κ2) is 6.14. The molecule has 3 nitrogen and oxygen atoms in total. The Morgan fingerprint density at radius 1 is 1.29 bits per heavy atom. The van der Waals surface area contributed by atoms with Crippen molar-refractivity contribution < 1.29 is 14.3 Å². The lowest BCUT2D eigenvalue weighted by molar-refractivity contribution is 0.0697. The van der Waals surface area contributed by atoms with Gasteiger partial charge in [-0.2, -0.15) is 0 Å². The minimum atomic E-state index is -0.959. The van der Waals surface area contributed by atoms with Crippen LogP contribution in [0.15, 0.2) is 36.4 Å². The Labute approximate surface area is 127 Å². The van der Waals surface area contributed by atoms with Crippen LogP contribution in [0.1, 0.15) is 34.5 Å². The smallest absolute Gasteiger partial charge is 0.335 e. The van der Waals surface area contributed by atoms with Gasteiger partial charge in [0.2, 0.25) is 0 Å². The van der Waals surface area contributed by atoms with Crippen LogP contribution in [-0.2, 0) is 0 Å². The third-order valence-electron chi connectivity index (χ3n) is 3.27. The van der Waals surface area contributed by atoms with E-state index in [1.165, 1.54) is 18.2 Å². The van der Waals surface area contributed by atoms with Crippen molar-refractivity contribution in [3.05, 3.63) is 63.9 Å². The molecule has 5 heteroatoms. The lowest BCUT2D eigenvalue weighted by atomic mass is 10.1. The maximum atomic E-state index is 13.1. The Kier molecular flexibility index (Phi) is 4.48. The first kappa shape index (κ1) is 15.3. The SMILES string of the molecule is Cc1cc(C(=O)O)ccc1NC(C)c1ccc(F)cc1Cl. The zero-order valence-corrected chi connectivity index (χ0v) is 12.4. The van der Waals surface area contributed by atoms with Crippen molar-refractivity contribution in [2.45, 2.75) is 19.9 Å². The molecule has 0 bridgehead atoms. The Morgan fingerprint density at radius 3 is 2.57 bits per heavy atom. The van der Waals surface area contributed by atoms with Gasteiger partial charge in [-0.15, -0.1) is 0 Å². The Bertz CT molecular complexity index is 688. The van der Waals surface area contributed by atoms with Crippen LogP contribution in [0.5, 0.6) is 0 Å². The number of carboxylic acids is 1. The number of carbonyl (C=O) groups is 1. The van der Waals surface area contributed by atoms with Crippen molar-refractivity contribution in [2.75, 3.05) is 5.32 Å². The molecule has 1 unspecified atom stereocenters. The van der Waals surface area contributed by atoms with Crippen LogP contribution in [0, 0.1) is 12.7 Å². The molecule has 0 aliphatic rings. The van der Waals surface area contributed by atoms with Gasteiger partial charge in [-0.1, -0.05) is 17.7 Å². The van der Waals surface area contributed by atoms with Gasteiger partial charge in [0.1, 0.15) is 5.82 Å². The normalized spacial score (nSPS) is 12.0. The van der Waals surface area contributed by atoms with E-state index < -0.39 is 5.97 Å². The van der Waals surface area contributed by atoms with E-state index in [-0.39, 0.29) is 17.4 Å². The zero-order valence-electron chi connectivity index (χ0n) is 11.7. The summed E-state index contributed by atoms with van der Waals surface area (Å²) < 4.78 is 13.1. The third-order valence-corrected chi connectivity index (χ3v) is 3.60. The molecule has 2 aromatic rings. The second-order valence-electron chi connectivity index (χ2n) is 4.87. The fourth-order valence-corrected chi connectivity index (χ4v) is 2.45. The molecule has 1 atom stereocenters.